The molecule has 15 heavy (non-hydrogen) atoms. The molecule has 0 fully saturated rings. The van der Waals surface area contributed by atoms with E-state index in [4.69, 9.17) is 0 Å². The summed E-state index contributed by atoms with van der Waals surface area (Å²) in [6, 6.07) is 0. The Morgan fingerprint density at radius 1 is 1.67 bits per heavy atom. The fraction of sp³-hybridized carbons (Fsp3) is 0.600. The molecule has 0 spiro atoms. The Morgan fingerprint density at radius 2 is 2.33 bits per heavy atom. The standard InChI is InChI=1S/C10H16N2O3/c1-8(2)9-11(3)4-5-12(9)6-7-15-10(13)14/h4-5,8H,6-7H2,1-3H3. The molecule has 0 radical (unpaired) electrons. The van der Waals surface area contributed by atoms with E-state index in [2.05, 4.69) is 18.6 Å². The van der Waals surface area contributed by atoms with Crippen molar-refractivity contribution in [2.45, 2.75) is 26.3 Å². The Balaban J connectivity index is 2.64. The number of rotatable bonds is 4. The molecule has 1 aromatic heterocycles. The van der Waals surface area contributed by atoms with Gasteiger partial charge in [-0.3, -0.25) is 0 Å². The molecule has 0 saturated carbocycles. The number of ether oxygens (including phenoxy) is 1. The minimum Gasteiger partial charge on any atom is -0.546 e. The monoisotopic (exact) mass is 212 g/mol. The Kier molecular flexibility index (Phi) is 3.71. The molecule has 1 aromatic rings. The number of carboxylic acid groups (broad SMARTS) is 1. The molecule has 0 atom stereocenters. The quantitative estimate of drug-likeness (QED) is 0.513. The van der Waals surface area contributed by atoms with Crippen molar-refractivity contribution >= 4 is 6.16 Å². The van der Waals surface area contributed by atoms with Gasteiger partial charge < -0.3 is 14.6 Å². The van der Waals surface area contributed by atoms with Crippen LogP contribution < -0.4 is 9.67 Å². The van der Waals surface area contributed by atoms with Crippen LogP contribution in [0.5, 0.6) is 0 Å². The lowest BCUT2D eigenvalue weighted by molar-refractivity contribution is -0.680. The molecular weight excluding hydrogens is 196 g/mol. The van der Waals surface area contributed by atoms with Gasteiger partial charge in [0.05, 0.1) is 19.6 Å². The Hall–Kier alpha value is -1.52. The first kappa shape index (κ1) is 11.6. The van der Waals surface area contributed by atoms with E-state index >= 15 is 0 Å². The van der Waals surface area contributed by atoms with Crippen LogP contribution in [-0.4, -0.2) is 17.3 Å². The average molecular weight is 212 g/mol. The second-order valence-corrected chi connectivity index (χ2v) is 3.71. The van der Waals surface area contributed by atoms with Crippen molar-refractivity contribution in [1.82, 2.24) is 4.57 Å². The molecule has 0 amide bonds. The lowest BCUT2D eigenvalue weighted by Gasteiger charge is -2.08. The van der Waals surface area contributed by atoms with Gasteiger partial charge in [0.1, 0.15) is 18.9 Å². The molecular formula is C10H16N2O3. The van der Waals surface area contributed by atoms with Crippen molar-refractivity contribution in [3.8, 4) is 0 Å². The van der Waals surface area contributed by atoms with Crippen LogP contribution in [0.2, 0.25) is 0 Å². The molecule has 0 saturated heterocycles. The van der Waals surface area contributed by atoms with Gasteiger partial charge in [0, 0.05) is 0 Å². The number of carbonyl (C=O) groups excluding carboxylic acids is 1. The summed E-state index contributed by atoms with van der Waals surface area (Å²) in [5.74, 6) is 1.52. The highest BCUT2D eigenvalue weighted by molar-refractivity contribution is 5.53. The third-order valence-electron chi connectivity index (χ3n) is 2.19. The number of imidazole rings is 1. The van der Waals surface area contributed by atoms with Gasteiger partial charge in [-0.25, -0.2) is 9.13 Å². The van der Waals surface area contributed by atoms with E-state index < -0.39 is 6.16 Å². The first-order valence-electron chi connectivity index (χ1n) is 4.90. The van der Waals surface area contributed by atoms with Crippen LogP contribution in [0.15, 0.2) is 12.4 Å². The average Bonchev–Trinajstić information content (AvgIpc) is 2.46. The third kappa shape index (κ3) is 2.97. The topological polar surface area (TPSA) is 58.2 Å². The van der Waals surface area contributed by atoms with Crippen LogP contribution in [0.4, 0.5) is 4.79 Å². The molecule has 0 aliphatic heterocycles. The number of aromatic nitrogens is 2. The second-order valence-electron chi connectivity index (χ2n) is 3.71. The van der Waals surface area contributed by atoms with Crippen LogP contribution in [0, 0.1) is 0 Å². The van der Waals surface area contributed by atoms with Gasteiger partial charge in [-0.05, 0) is 0 Å². The maximum atomic E-state index is 10.1. The first-order chi connectivity index (χ1) is 7.02. The summed E-state index contributed by atoms with van der Waals surface area (Å²) in [7, 11) is 1.96. The molecule has 0 unspecified atom stereocenters. The summed E-state index contributed by atoms with van der Waals surface area (Å²) < 4.78 is 8.36. The highest BCUT2D eigenvalue weighted by atomic mass is 16.7. The Morgan fingerprint density at radius 3 is 2.87 bits per heavy atom. The fourth-order valence-corrected chi connectivity index (χ4v) is 1.69. The van der Waals surface area contributed by atoms with Crippen molar-refractivity contribution in [3.63, 3.8) is 0 Å². The molecule has 84 valence electrons. The van der Waals surface area contributed by atoms with E-state index in [1.54, 1.807) is 0 Å². The van der Waals surface area contributed by atoms with Crippen LogP contribution in [-0.2, 0) is 18.3 Å². The van der Waals surface area contributed by atoms with E-state index in [0.29, 0.717) is 12.5 Å². The summed E-state index contributed by atoms with van der Waals surface area (Å²) in [6.45, 7) is 4.82. The summed E-state index contributed by atoms with van der Waals surface area (Å²) in [5, 5.41) is 10.1. The van der Waals surface area contributed by atoms with Crippen molar-refractivity contribution in [1.29, 1.82) is 0 Å². The van der Waals surface area contributed by atoms with Gasteiger partial charge in [0.2, 0.25) is 0 Å². The van der Waals surface area contributed by atoms with E-state index in [-0.39, 0.29) is 6.61 Å². The third-order valence-corrected chi connectivity index (χ3v) is 2.19. The van der Waals surface area contributed by atoms with Gasteiger partial charge in [0.15, 0.2) is 0 Å². The zero-order chi connectivity index (χ0) is 11.4. The number of hydrogen-bond acceptors (Lipinski definition) is 3. The highest BCUT2D eigenvalue weighted by Crippen LogP contribution is 2.09. The van der Waals surface area contributed by atoms with Crippen LogP contribution >= 0.6 is 0 Å². The van der Waals surface area contributed by atoms with Gasteiger partial charge in [0.25, 0.3) is 12.0 Å². The van der Waals surface area contributed by atoms with E-state index in [0.717, 1.165) is 5.82 Å². The highest BCUT2D eigenvalue weighted by Gasteiger charge is 2.17. The summed E-state index contributed by atoms with van der Waals surface area (Å²) in [5.41, 5.74) is 0. The van der Waals surface area contributed by atoms with E-state index in [1.165, 1.54) is 0 Å². The zero-order valence-corrected chi connectivity index (χ0v) is 9.27. The van der Waals surface area contributed by atoms with Crippen molar-refractivity contribution < 1.29 is 19.2 Å². The predicted octanol–water partition coefficient (Wildman–Crippen LogP) is -0.204. The number of carbonyl (C=O) groups is 1. The molecule has 0 aromatic carbocycles. The van der Waals surface area contributed by atoms with Gasteiger partial charge in [-0.15, -0.1) is 0 Å². The minimum atomic E-state index is -1.47. The molecule has 1 heterocycles. The van der Waals surface area contributed by atoms with Crippen LogP contribution in [0.25, 0.3) is 0 Å². The minimum absolute atomic E-state index is 0.122. The summed E-state index contributed by atoms with van der Waals surface area (Å²) >= 11 is 0. The van der Waals surface area contributed by atoms with Gasteiger partial charge in [-0.1, -0.05) is 13.8 Å². The number of hydrogen-bond donors (Lipinski definition) is 0. The van der Waals surface area contributed by atoms with Crippen molar-refractivity contribution in [2.75, 3.05) is 6.61 Å². The Bertz CT molecular complexity index is 344. The SMILES string of the molecule is CC(C)c1n(CCOC(=O)[O-])cc[n+]1C. The number of nitrogens with zero attached hydrogens (tertiary/aromatic N) is 2. The number of aryl methyl sites for hydroxylation is 1. The maximum absolute atomic E-state index is 10.1. The molecule has 0 bridgehead atoms. The van der Waals surface area contributed by atoms with Crippen molar-refractivity contribution in [2.24, 2.45) is 7.05 Å². The van der Waals surface area contributed by atoms with E-state index in [9.17, 15) is 9.90 Å². The predicted molar refractivity (Wildman–Crippen MR) is 51.0 cm³/mol. The molecule has 0 N–H and O–H groups in total. The lowest BCUT2D eigenvalue weighted by Crippen LogP contribution is -2.33. The lowest BCUT2D eigenvalue weighted by atomic mass is 10.2. The molecule has 5 heteroatoms. The van der Waals surface area contributed by atoms with Crippen LogP contribution in [0.3, 0.4) is 0 Å². The normalized spacial score (nSPS) is 10.7. The molecule has 5 nitrogen and oxygen atoms in total. The molecule has 0 aliphatic carbocycles. The van der Waals surface area contributed by atoms with E-state index in [1.807, 2.05) is 28.6 Å². The smallest absolute Gasteiger partial charge is 0.258 e. The van der Waals surface area contributed by atoms with Crippen molar-refractivity contribution in [3.05, 3.63) is 18.2 Å². The van der Waals surface area contributed by atoms with Crippen LogP contribution in [0.1, 0.15) is 25.6 Å². The zero-order valence-electron chi connectivity index (χ0n) is 9.27. The van der Waals surface area contributed by atoms with Gasteiger partial charge >= 0.3 is 0 Å². The first-order valence-corrected chi connectivity index (χ1v) is 4.90. The molecule has 1 rings (SSSR count). The van der Waals surface area contributed by atoms with Gasteiger partial charge in [-0.2, -0.15) is 0 Å². The summed E-state index contributed by atoms with van der Waals surface area (Å²) in [4.78, 5) is 10.1. The largest absolute Gasteiger partial charge is 0.546 e. The second kappa shape index (κ2) is 4.82. The maximum Gasteiger partial charge on any atom is 0.258 e. The Labute approximate surface area is 88.9 Å². The fourth-order valence-electron chi connectivity index (χ4n) is 1.69. The molecule has 0 aliphatic rings. The summed E-state index contributed by atoms with van der Waals surface area (Å²) in [6.07, 6.45) is 2.38.